The number of aldehydes is 1. The van der Waals surface area contributed by atoms with E-state index < -0.39 is 9.05 Å². The van der Waals surface area contributed by atoms with E-state index in [4.69, 9.17) is 22.3 Å². The maximum absolute atomic E-state index is 10.9. The first-order valence-electron chi connectivity index (χ1n) is 3.14. The number of hydrogen-bond donors (Lipinski definition) is 0. The summed E-state index contributed by atoms with van der Waals surface area (Å²) in [6.07, 6.45) is 0.390. The smallest absolute Gasteiger partial charge is 0.262 e. The molecule has 70 valence electrons. The minimum Gasteiger partial charge on any atom is -0.298 e. The first kappa shape index (κ1) is 10.5. The van der Waals surface area contributed by atoms with Gasteiger partial charge < -0.3 is 0 Å². The summed E-state index contributed by atoms with van der Waals surface area (Å²) < 4.78 is 21.8. The molecular weight excluding hydrogens is 235 g/mol. The van der Waals surface area contributed by atoms with E-state index in [0.29, 0.717) is 6.29 Å². The Hall–Kier alpha value is -0.580. The Balaban J connectivity index is 3.47. The van der Waals surface area contributed by atoms with Crippen LogP contribution >= 0.6 is 22.3 Å². The molecule has 0 bridgehead atoms. The normalized spacial score (nSPS) is 11.2. The predicted octanol–water partition coefficient (Wildman–Crippen LogP) is 2.08. The molecule has 0 atom stereocenters. The van der Waals surface area contributed by atoms with Gasteiger partial charge in [-0.2, -0.15) is 0 Å². The molecule has 0 saturated carbocycles. The van der Waals surface area contributed by atoms with Crippen LogP contribution in [-0.4, -0.2) is 14.7 Å². The van der Waals surface area contributed by atoms with Gasteiger partial charge in [0.15, 0.2) is 6.29 Å². The van der Waals surface area contributed by atoms with Crippen molar-refractivity contribution in [1.82, 2.24) is 0 Å². The van der Waals surface area contributed by atoms with Crippen LogP contribution in [0, 0.1) is 0 Å². The molecule has 13 heavy (non-hydrogen) atoms. The molecule has 0 aromatic heterocycles. The van der Waals surface area contributed by atoms with E-state index in [1.54, 1.807) is 0 Å². The molecular formula is C7H4Cl2O3S. The Bertz CT molecular complexity index is 439. The van der Waals surface area contributed by atoms with Crippen LogP contribution in [0.3, 0.4) is 0 Å². The van der Waals surface area contributed by atoms with Crippen molar-refractivity contribution in [2.24, 2.45) is 0 Å². The van der Waals surface area contributed by atoms with Gasteiger partial charge in [-0.1, -0.05) is 11.6 Å². The van der Waals surface area contributed by atoms with E-state index in [2.05, 4.69) is 0 Å². The first-order valence-corrected chi connectivity index (χ1v) is 5.83. The number of benzene rings is 1. The monoisotopic (exact) mass is 238 g/mol. The van der Waals surface area contributed by atoms with Crippen molar-refractivity contribution in [3.8, 4) is 0 Å². The molecule has 0 spiro atoms. The fraction of sp³-hybridized carbons (Fsp3) is 0. The zero-order valence-electron chi connectivity index (χ0n) is 6.20. The molecule has 0 radical (unpaired) electrons. The first-order chi connectivity index (χ1) is 5.95. The Morgan fingerprint density at radius 2 is 1.92 bits per heavy atom. The second kappa shape index (κ2) is 3.65. The highest BCUT2D eigenvalue weighted by molar-refractivity contribution is 8.13. The second-order valence-electron chi connectivity index (χ2n) is 2.24. The molecule has 0 heterocycles. The van der Waals surface area contributed by atoms with Crippen LogP contribution in [0.2, 0.25) is 5.02 Å². The van der Waals surface area contributed by atoms with Crippen molar-refractivity contribution < 1.29 is 13.2 Å². The van der Waals surface area contributed by atoms with Crippen molar-refractivity contribution in [3.63, 3.8) is 0 Å². The van der Waals surface area contributed by atoms with Gasteiger partial charge in [-0.05, 0) is 18.2 Å². The van der Waals surface area contributed by atoms with E-state index in [-0.39, 0.29) is 15.5 Å². The summed E-state index contributed by atoms with van der Waals surface area (Å²) in [6.45, 7) is 0. The number of halogens is 2. The minimum atomic E-state index is -3.88. The lowest BCUT2D eigenvalue weighted by Gasteiger charge is -1.99. The van der Waals surface area contributed by atoms with Crippen molar-refractivity contribution in [3.05, 3.63) is 28.8 Å². The van der Waals surface area contributed by atoms with Gasteiger partial charge in [-0.25, -0.2) is 8.42 Å². The lowest BCUT2D eigenvalue weighted by molar-refractivity contribution is 0.112. The topological polar surface area (TPSA) is 51.2 Å². The van der Waals surface area contributed by atoms with Crippen molar-refractivity contribution >= 4 is 37.6 Å². The number of carbonyl (C=O) groups is 1. The zero-order chi connectivity index (χ0) is 10.1. The van der Waals surface area contributed by atoms with Crippen molar-refractivity contribution in [2.75, 3.05) is 0 Å². The molecule has 0 N–H and O–H groups in total. The van der Waals surface area contributed by atoms with Crippen LogP contribution in [0.1, 0.15) is 10.4 Å². The van der Waals surface area contributed by atoms with E-state index >= 15 is 0 Å². The van der Waals surface area contributed by atoms with E-state index in [1.165, 1.54) is 18.2 Å². The fourth-order valence-corrected chi connectivity index (χ4v) is 2.05. The Morgan fingerprint density at radius 1 is 1.31 bits per heavy atom. The lowest BCUT2D eigenvalue weighted by Crippen LogP contribution is -1.96. The van der Waals surface area contributed by atoms with Gasteiger partial charge in [-0.3, -0.25) is 4.79 Å². The zero-order valence-corrected chi connectivity index (χ0v) is 8.53. The summed E-state index contributed by atoms with van der Waals surface area (Å²) in [5.41, 5.74) is -0.0394. The van der Waals surface area contributed by atoms with Gasteiger partial charge in [0.2, 0.25) is 0 Å². The van der Waals surface area contributed by atoms with Crippen LogP contribution in [0.5, 0.6) is 0 Å². The van der Waals surface area contributed by atoms with Crippen LogP contribution in [0.25, 0.3) is 0 Å². The molecule has 0 aliphatic rings. The van der Waals surface area contributed by atoms with Crippen molar-refractivity contribution in [1.29, 1.82) is 0 Å². The molecule has 0 aliphatic heterocycles. The molecule has 0 unspecified atom stereocenters. The average Bonchev–Trinajstić information content (AvgIpc) is 2.01. The molecule has 6 heteroatoms. The Kier molecular flexibility index (Phi) is 2.95. The highest BCUT2D eigenvalue weighted by atomic mass is 35.7. The van der Waals surface area contributed by atoms with Gasteiger partial charge in [0.1, 0.15) is 0 Å². The Labute approximate surface area is 84.7 Å². The Morgan fingerprint density at radius 3 is 2.38 bits per heavy atom. The largest absolute Gasteiger partial charge is 0.298 e. The SMILES string of the molecule is O=Cc1cc(Cl)ccc1S(=O)(=O)Cl. The standard InChI is InChI=1S/C7H4Cl2O3S/c8-6-1-2-7(13(9,11)12)5(3-6)4-10/h1-4H. The van der Waals surface area contributed by atoms with Crippen LogP contribution in [-0.2, 0) is 9.05 Å². The van der Waals surface area contributed by atoms with Crippen molar-refractivity contribution in [2.45, 2.75) is 4.90 Å². The molecule has 0 saturated heterocycles. The van der Waals surface area contributed by atoms with E-state index in [1.807, 2.05) is 0 Å². The van der Waals surface area contributed by atoms with Crippen LogP contribution in [0.15, 0.2) is 23.1 Å². The molecule has 0 fully saturated rings. The van der Waals surface area contributed by atoms with E-state index in [9.17, 15) is 13.2 Å². The fourth-order valence-electron chi connectivity index (χ4n) is 0.833. The lowest BCUT2D eigenvalue weighted by atomic mass is 10.2. The maximum atomic E-state index is 10.9. The number of rotatable bonds is 2. The van der Waals surface area contributed by atoms with Gasteiger partial charge in [0.25, 0.3) is 9.05 Å². The third-order valence-electron chi connectivity index (χ3n) is 1.36. The molecule has 0 amide bonds. The third-order valence-corrected chi connectivity index (χ3v) is 2.99. The van der Waals surface area contributed by atoms with Gasteiger partial charge in [0, 0.05) is 21.3 Å². The quantitative estimate of drug-likeness (QED) is 0.586. The summed E-state index contributed by atoms with van der Waals surface area (Å²) in [6, 6.07) is 3.78. The molecule has 1 rings (SSSR count). The number of hydrogen-bond acceptors (Lipinski definition) is 3. The highest BCUT2D eigenvalue weighted by Crippen LogP contribution is 2.21. The van der Waals surface area contributed by atoms with Gasteiger partial charge in [0.05, 0.1) is 4.90 Å². The van der Waals surface area contributed by atoms with Gasteiger partial charge in [-0.15, -0.1) is 0 Å². The minimum absolute atomic E-state index is 0.0394. The summed E-state index contributed by atoms with van der Waals surface area (Å²) in [5.74, 6) is 0. The molecule has 3 nitrogen and oxygen atoms in total. The second-order valence-corrected chi connectivity index (χ2v) is 5.21. The predicted molar refractivity (Wildman–Crippen MR) is 49.9 cm³/mol. The number of carbonyl (C=O) groups excluding carboxylic acids is 1. The summed E-state index contributed by atoms with van der Waals surface area (Å²) in [7, 11) is 1.19. The summed E-state index contributed by atoms with van der Waals surface area (Å²) in [5, 5.41) is 0.283. The van der Waals surface area contributed by atoms with E-state index in [0.717, 1.165) is 0 Å². The summed E-state index contributed by atoms with van der Waals surface area (Å²) in [4.78, 5) is 10.2. The third kappa shape index (κ3) is 2.43. The molecule has 1 aromatic rings. The highest BCUT2D eigenvalue weighted by Gasteiger charge is 2.14. The summed E-state index contributed by atoms with van der Waals surface area (Å²) >= 11 is 5.55. The average molecular weight is 239 g/mol. The maximum Gasteiger partial charge on any atom is 0.262 e. The van der Waals surface area contributed by atoms with Gasteiger partial charge >= 0.3 is 0 Å². The van der Waals surface area contributed by atoms with Crippen LogP contribution in [0.4, 0.5) is 0 Å². The molecule has 0 aliphatic carbocycles. The van der Waals surface area contributed by atoms with Crippen LogP contribution < -0.4 is 0 Å². The molecule has 1 aromatic carbocycles.